The molecule has 3 aliphatic rings. The molecule has 0 amide bonds. The van der Waals surface area contributed by atoms with E-state index in [4.69, 9.17) is 4.74 Å². The molecule has 0 spiro atoms. The number of rotatable bonds is 3. The third-order valence-electron chi connectivity index (χ3n) is 7.75. The predicted octanol–water partition coefficient (Wildman–Crippen LogP) is 1.35. The lowest BCUT2D eigenvalue weighted by Gasteiger charge is -2.66. The molecular weight excluding hydrogens is 404 g/mol. The van der Waals surface area contributed by atoms with Crippen LogP contribution in [0.15, 0.2) is 23.8 Å². The maximum absolute atomic E-state index is 12.8. The zero-order chi connectivity index (χ0) is 23.1. The van der Waals surface area contributed by atoms with Crippen molar-refractivity contribution >= 4 is 12.3 Å². The number of esters is 1. The van der Waals surface area contributed by atoms with Gasteiger partial charge in [0.05, 0.1) is 11.7 Å². The first-order chi connectivity index (χ1) is 14.2. The van der Waals surface area contributed by atoms with E-state index >= 15 is 0 Å². The second-order valence-corrected chi connectivity index (χ2v) is 10.2. The Bertz CT molecular complexity index is 990. The Morgan fingerprint density at radius 2 is 1.84 bits per heavy atom. The highest BCUT2D eigenvalue weighted by Gasteiger charge is 2.77. The Morgan fingerprint density at radius 1 is 1.19 bits per heavy atom. The van der Waals surface area contributed by atoms with E-state index in [1.807, 2.05) is 13.8 Å². The van der Waals surface area contributed by atoms with Crippen molar-refractivity contribution in [3.63, 3.8) is 0 Å². The van der Waals surface area contributed by atoms with E-state index in [1.54, 1.807) is 6.92 Å². The van der Waals surface area contributed by atoms with Crippen molar-refractivity contribution < 1.29 is 39.9 Å². The Morgan fingerprint density at radius 3 is 2.42 bits per heavy atom. The minimum absolute atomic E-state index is 0.0886. The number of carbonyl (C=O) groups excluding carboxylic acids is 2. The number of ether oxygens (including phenoxy) is 1. The Labute approximate surface area is 179 Å². The number of aldehydes is 1. The van der Waals surface area contributed by atoms with Crippen molar-refractivity contribution in [2.24, 2.45) is 16.7 Å². The lowest BCUT2D eigenvalue weighted by molar-refractivity contribution is -0.272. The molecule has 0 bridgehead atoms. The van der Waals surface area contributed by atoms with Gasteiger partial charge in [0.25, 0.3) is 0 Å². The minimum atomic E-state index is -1.90. The zero-order valence-corrected chi connectivity index (χ0v) is 17.9. The van der Waals surface area contributed by atoms with Crippen molar-refractivity contribution in [1.82, 2.24) is 0 Å². The lowest BCUT2D eigenvalue weighted by atomic mass is 9.43. The van der Waals surface area contributed by atoms with Crippen molar-refractivity contribution in [3.8, 4) is 11.5 Å². The maximum Gasteiger partial charge on any atom is 0.342 e. The number of aryl methyl sites for hydroxylation is 1. The number of aromatic hydroxyl groups is 2. The second kappa shape index (κ2) is 6.31. The fourth-order valence-electron chi connectivity index (χ4n) is 6.35. The van der Waals surface area contributed by atoms with Crippen LogP contribution in [0.5, 0.6) is 11.5 Å². The summed E-state index contributed by atoms with van der Waals surface area (Å²) < 4.78 is 5.52. The molecule has 5 N–H and O–H groups in total. The van der Waals surface area contributed by atoms with Crippen LogP contribution in [0.4, 0.5) is 0 Å². The number of phenols is 2. The summed E-state index contributed by atoms with van der Waals surface area (Å²) in [5.74, 6) is -2.35. The molecule has 6 atom stereocenters. The number of fused-ring (bicyclic) bond motifs is 3. The van der Waals surface area contributed by atoms with Crippen LogP contribution in [0, 0.1) is 23.7 Å². The molecule has 0 heterocycles. The summed E-state index contributed by atoms with van der Waals surface area (Å²) >= 11 is 0. The van der Waals surface area contributed by atoms with Gasteiger partial charge >= 0.3 is 5.97 Å². The van der Waals surface area contributed by atoms with E-state index < -0.39 is 51.9 Å². The number of phenolic OH excluding ortho intramolecular Hbond substituents is 2. The van der Waals surface area contributed by atoms with Crippen LogP contribution in [0.2, 0.25) is 0 Å². The molecule has 4 rings (SSSR count). The van der Waals surface area contributed by atoms with Crippen LogP contribution in [0.25, 0.3) is 0 Å². The molecule has 0 radical (unpaired) electrons. The number of carbonyl (C=O) groups is 2. The van der Waals surface area contributed by atoms with Gasteiger partial charge in [0.1, 0.15) is 35.1 Å². The van der Waals surface area contributed by atoms with Crippen LogP contribution in [-0.4, -0.2) is 61.2 Å². The molecular formula is C23H28O8. The monoisotopic (exact) mass is 432 g/mol. The molecule has 8 nitrogen and oxygen atoms in total. The minimum Gasteiger partial charge on any atom is -0.508 e. The fourth-order valence-corrected chi connectivity index (χ4v) is 6.35. The van der Waals surface area contributed by atoms with Gasteiger partial charge in [0, 0.05) is 23.0 Å². The zero-order valence-electron chi connectivity index (χ0n) is 17.9. The van der Waals surface area contributed by atoms with Crippen molar-refractivity contribution in [3.05, 3.63) is 34.9 Å². The molecule has 2 fully saturated rings. The Balaban J connectivity index is 1.72. The van der Waals surface area contributed by atoms with Gasteiger partial charge in [-0.25, -0.2) is 4.79 Å². The first-order valence-corrected chi connectivity index (χ1v) is 10.3. The van der Waals surface area contributed by atoms with Crippen LogP contribution in [-0.2, 0) is 9.53 Å². The van der Waals surface area contributed by atoms with Gasteiger partial charge in [0.15, 0.2) is 0 Å². The van der Waals surface area contributed by atoms with Crippen LogP contribution in [0.3, 0.4) is 0 Å². The van der Waals surface area contributed by atoms with E-state index in [1.165, 1.54) is 19.1 Å². The van der Waals surface area contributed by atoms with Gasteiger partial charge in [-0.05, 0) is 42.9 Å². The summed E-state index contributed by atoms with van der Waals surface area (Å²) in [6.45, 7) is 6.83. The average molecular weight is 432 g/mol. The van der Waals surface area contributed by atoms with Gasteiger partial charge in [0.2, 0.25) is 0 Å². The molecule has 8 heteroatoms. The third-order valence-corrected chi connectivity index (χ3v) is 7.75. The fraction of sp³-hybridized carbons (Fsp3) is 0.565. The standard InChI is InChI=1S/C23H28O8/c1-11-5-13(25)6-14(26)16(11)19(28)31-15-8-21(4)17-18(27)20(2,3)10-22(17,29)7-12(9-24)23(15,21)30/h5-7,9,15,17-18,25-27,29-30H,8,10H2,1-4H3/t15-,17+,18+,21+,22?,23-/m1/s1. The summed E-state index contributed by atoms with van der Waals surface area (Å²) in [6, 6.07) is 2.31. The van der Waals surface area contributed by atoms with E-state index in [-0.39, 0.29) is 35.3 Å². The predicted molar refractivity (Wildman–Crippen MR) is 108 cm³/mol. The molecule has 2 saturated carbocycles. The highest BCUT2D eigenvalue weighted by atomic mass is 16.6. The third kappa shape index (κ3) is 2.65. The van der Waals surface area contributed by atoms with E-state index in [0.717, 1.165) is 6.07 Å². The maximum atomic E-state index is 12.8. The summed E-state index contributed by atoms with van der Waals surface area (Å²) in [5.41, 5.74) is -5.08. The second-order valence-electron chi connectivity index (χ2n) is 10.2. The van der Waals surface area contributed by atoms with Gasteiger partial charge in [-0.15, -0.1) is 0 Å². The lowest BCUT2D eigenvalue weighted by Crippen LogP contribution is -2.76. The highest BCUT2D eigenvalue weighted by molar-refractivity contribution is 5.94. The first kappa shape index (κ1) is 21.8. The largest absolute Gasteiger partial charge is 0.508 e. The van der Waals surface area contributed by atoms with E-state index in [0.29, 0.717) is 6.29 Å². The molecule has 0 saturated heterocycles. The number of benzene rings is 1. The molecule has 1 unspecified atom stereocenters. The number of aliphatic hydroxyl groups excluding tert-OH is 1. The quantitative estimate of drug-likeness (QED) is 0.356. The van der Waals surface area contributed by atoms with Gasteiger partial charge in [-0.1, -0.05) is 20.8 Å². The first-order valence-electron chi connectivity index (χ1n) is 10.3. The van der Waals surface area contributed by atoms with Gasteiger partial charge in [-0.3, -0.25) is 4.79 Å². The van der Waals surface area contributed by atoms with Crippen LogP contribution in [0.1, 0.15) is 49.5 Å². The van der Waals surface area contributed by atoms with Crippen LogP contribution >= 0.6 is 0 Å². The molecule has 168 valence electrons. The summed E-state index contributed by atoms with van der Waals surface area (Å²) in [4.78, 5) is 24.7. The van der Waals surface area contributed by atoms with Crippen molar-refractivity contribution in [1.29, 1.82) is 0 Å². The number of aliphatic hydroxyl groups is 3. The van der Waals surface area contributed by atoms with Crippen molar-refractivity contribution in [2.75, 3.05) is 0 Å². The summed E-state index contributed by atoms with van der Waals surface area (Å²) in [7, 11) is 0. The van der Waals surface area contributed by atoms with E-state index in [9.17, 15) is 35.1 Å². The summed E-state index contributed by atoms with van der Waals surface area (Å²) in [6.07, 6.45) is 0.0207. The molecule has 3 aliphatic carbocycles. The highest BCUT2D eigenvalue weighted by Crippen LogP contribution is 2.69. The Hall–Kier alpha value is -2.42. The smallest absolute Gasteiger partial charge is 0.342 e. The van der Waals surface area contributed by atoms with Gasteiger partial charge < -0.3 is 30.3 Å². The Kier molecular flexibility index (Phi) is 4.44. The topological polar surface area (TPSA) is 145 Å². The number of hydrogen-bond acceptors (Lipinski definition) is 8. The molecule has 1 aromatic rings. The van der Waals surface area contributed by atoms with Crippen LogP contribution < -0.4 is 0 Å². The van der Waals surface area contributed by atoms with Gasteiger partial charge in [-0.2, -0.15) is 0 Å². The number of hydrogen-bond donors (Lipinski definition) is 5. The molecule has 1 aromatic carbocycles. The molecule has 0 aromatic heterocycles. The molecule has 0 aliphatic heterocycles. The SMILES string of the molecule is Cc1cc(O)cc(O)c1C(=O)O[C@@H]1C[C@@]2(C)[C@@H]3[C@H](O)C(C)(C)CC3(O)C=C(C=O)[C@@]12O. The molecule has 31 heavy (non-hydrogen) atoms. The normalized spacial score (nSPS) is 40.2. The summed E-state index contributed by atoms with van der Waals surface area (Å²) in [5, 5.41) is 53.6. The van der Waals surface area contributed by atoms with Crippen molar-refractivity contribution in [2.45, 2.75) is 63.9 Å². The average Bonchev–Trinajstić information content (AvgIpc) is 2.81. The van der Waals surface area contributed by atoms with E-state index in [2.05, 4.69) is 0 Å².